The van der Waals surface area contributed by atoms with Crippen LogP contribution in [0.5, 0.6) is 0 Å². The van der Waals surface area contributed by atoms with Crippen LogP contribution in [0.15, 0.2) is 0 Å². The van der Waals surface area contributed by atoms with Crippen molar-refractivity contribution in [2.45, 2.75) is 39.1 Å². The third kappa shape index (κ3) is 11.9. The van der Waals surface area contributed by atoms with Gasteiger partial charge in [0.2, 0.25) is 5.91 Å². The first kappa shape index (κ1) is 25.2. The molecule has 0 unspecified atom stereocenters. The van der Waals surface area contributed by atoms with E-state index in [2.05, 4.69) is 14.7 Å². The molecule has 9 nitrogen and oxygen atoms in total. The number of primary amides is 1. The molecule has 166 valence electrons. The lowest BCUT2D eigenvalue weighted by atomic mass is 10.2. The van der Waals surface area contributed by atoms with Crippen LogP contribution < -0.4 is 5.73 Å². The molecule has 1 heterocycles. The largest absolute Gasteiger partial charge is 0.392 e. The number of carbonyl (C=O) groups is 1. The van der Waals surface area contributed by atoms with Crippen LogP contribution in [0.4, 0.5) is 0 Å². The number of nitrogens with zero attached hydrogens (tertiary/aromatic N) is 4. The topological polar surface area (TPSA) is 117 Å². The third-order valence-corrected chi connectivity index (χ3v) is 4.88. The van der Waals surface area contributed by atoms with E-state index < -0.39 is 18.3 Å². The fourth-order valence-electron chi connectivity index (χ4n) is 3.63. The number of amides is 1. The maximum atomic E-state index is 11.4. The van der Waals surface area contributed by atoms with Crippen molar-refractivity contribution >= 4 is 5.91 Å². The molecule has 0 bridgehead atoms. The number of hydrogen-bond acceptors (Lipinski definition) is 8. The van der Waals surface area contributed by atoms with Crippen LogP contribution in [-0.2, 0) is 4.79 Å². The van der Waals surface area contributed by atoms with E-state index in [-0.39, 0.29) is 12.5 Å². The predicted molar refractivity (Wildman–Crippen MR) is 110 cm³/mol. The first-order valence-electron chi connectivity index (χ1n) is 10.4. The Morgan fingerprint density at radius 1 is 0.679 bits per heavy atom. The molecule has 1 fully saturated rings. The smallest absolute Gasteiger partial charge is 0.231 e. The highest BCUT2D eigenvalue weighted by Gasteiger charge is 2.19. The van der Waals surface area contributed by atoms with E-state index in [9.17, 15) is 20.1 Å². The van der Waals surface area contributed by atoms with E-state index >= 15 is 0 Å². The van der Waals surface area contributed by atoms with E-state index in [1.165, 1.54) is 0 Å². The molecule has 0 saturated carbocycles. The molecule has 0 aromatic rings. The minimum absolute atomic E-state index is 0.208. The highest BCUT2D eigenvalue weighted by Crippen LogP contribution is 2.03. The molecule has 0 radical (unpaired) electrons. The summed E-state index contributed by atoms with van der Waals surface area (Å²) in [6.07, 6.45) is -1.26. The van der Waals surface area contributed by atoms with Crippen LogP contribution in [-0.4, -0.2) is 138 Å². The summed E-state index contributed by atoms with van der Waals surface area (Å²) < 4.78 is 0. The molecule has 0 spiro atoms. The lowest BCUT2D eigenvalue weighted by Crippen LogP contribution is -2.49. The van der Waals surface area contributed by atoms with Crippen molar-refractivity contribution in [2.75, 3.05) is 78.5 Å². The van der Waals surface area contributed by atoms with E-state index in [0.29, 0.717) is 32.7 Å². The van der Waals surface area contributed by atoms with Gasteiger partial charge in [0.05, 0.1) is 24.9 Å². The molecule has 0 aliphatic carbocycles. The lowest BCUT2D eigenvalue weighted by molar-refractivity contribution is -0.119. The Labute approximate surface area is 169 Å². The van der Waals surface area contributed by atoms with E-state index in [4.69, 9.17) is 5.73 Å². The van der Waals surface area contributed by atoms with Gasteiger partial charge < -0.3 is 21.1 Å². The van der Waals surface area contributed by atoms with Crippen LogP contribution in [0.2, 0.25) is 0 Å². The van der Waals surface area contributed by atoms with Gasteiger partial charge in [0.1, 0.15) is 0 Å². The van der Waals surface area contributed by atoms with Gasteiger partial charge in [-0.05, 0) is 20.8 Å². The summed E-state index contributed by atoms with van der Waals surface area (Å²) in [6.45, 7) is 13.3. The maximum Gasteiger partial charge on any atom is 0.231 e. The van der Waals surface area contributed by atoms with Crippen LogP contribution >= 0.6 is 0 Å². The average Bonchev–Trinajstić information content (AvgIpc) is 2.55. The van der Waals surface area contributed by atoms with Gasteiger partial charge in [-0.15, -0.1) is 0 Å². The van der Waals surface area contributed by atoms with Gasteiger partial charge in [-0.1, -0.05) is 0 Å². The van der Waals surface area contributed by atoms with Crippen molar-refractivity contribution in [3.8, 4) is 0 Å². The second-order valence-electron chi connectivity index (χ2n) is 8.19. The second kappa shape index (κ2) is 13.4. The molecular weight excluding hydrogens is 362 g/mol. The zero-order valence-electron chi connectivity index (χ0n) is 17.8. The fourth-order valence-corrected chi connectivity index (χ4v) is 3.63. The SMILES string of the molecule is C[C@@H](O)CN1CCN(CC(N)=O)CCN(C[C@@H](C)O)CCN(C[C@@H](C)O)CC1. The highest BCUT2D eigenvalue weighted by atomic mass is 16.3. The van der Waals surface area contributed by atoms with Gasteiger partial charge >= 0.3 is 0 Å². The first-order chi connectivity index (χ1) is 13.2. The normalized spacial score (nSPS) is 23.5. The minimum Gasteiger partial charge on any atom is -0.392 e. The first-order valence-corrected chi connectivity index (χ1v) is 10.4. The van der Waals surface area contributed by atoms with Crippen molar-refractivity contribution in [3.63, 3.8) is 0 Å². The molecule has 9 heteroatoms. The van der Waals surface area contributed by atoms with Crippen LogP contribution in [0.25, 0.3) is 0 Å². The molecule has 1 aliphatic rings. The summed E-state index contributed by atoms with van der Waals surface area (Å²) >= 11 is 0. The van der Waals surface area contributed by atoms with Gasteiger partial charge in [0.15, 0.2) is 0 Å². The lowest BCUT2D eigenvalue weighted by Gasteiger charge is -2.35. The summed E-state index contributed by atoms with van der Waals surface area (Å²) in [5.74, 6) is -0.348. The zero-order chi connectivity index (χ0) is 21.1. The van der Waals surface area contributed by atoms with Crippen LogP contribution in [0.3, 0.4) is 0 Å². The quantitative estimate of drug-likeness (QED) is 0.362. The van der Waals surface area contributed by atoms with Gasteiger partial charge in [0.25, 0.3) is 0 Å². The van der Waals surface area contributed by atoms with Crippen molar-refractivity contribution in [1.29, 1.82) is 0 Å². The van der Waals surface area contributed by atoms with Crippen LogP contribution in [0, 0.1) is 0 Å². The van der Waals surface area contributed by atoms with Crippen molar-refractivity contribution < 1.29 is 20.1 Å². The molecule has 3 atom stereocenters. The molecule has 0 aromatic heterocycles. The van der Waals surface area contributed by atoms with Gasteiger partial charge in [0, 0.05) is 72.0 Å². The average molecular weight is 404 g/mol. The minimum atomic E-state index is -0.427. The molecule has 1 aliphatic heterocycles. The monoisotopic (exact) mass is 403 g/mol. The Hall–Kier alpha value is -0.810. The van der Waals surface area contributed by atoms with Crippen molar-refractivity contribution in [1.82, 2.24) is 19.6 Å². The summed E-state index contributed by atoms with van der Waals surface area (Å²) in [7, 11) is 0. The Morgan fingerprint density at radius 3 is 1.14 bits per heavy atom. The van der Waals surface area contributed by atoms with Crippen LogP contribution in [0.1, 0.15) is 20.8 Å². The Balaban J connectivity index is 2.86. The summed E-state index contributed by atoms with van der Waals surface area (Å²) in [5, 5.41) is 29.5. The van der Waals surface area contributed by atoms with E-state index in [1.807, 2.05) is 4.90 Å². The fraction of sp³-hybridized carbons (Fsp3) is 0.947. The molecule has 1 saturated heterocycles. The number of carbonyl (C=O) groups excluding carboxylic acids is 1. The zero-order valence-corrected chi connectivity index (χ0v) is 17.8. The number of aliphatic hydroxyl groups excluding tert-OH is 3. The van der Waals surface area contributed by atoms with E-state index in [0.717, 1.165) is 39.3 Å². The highest BCUT2D eigenvalue weighted by molar-refractivity contribution is 5.75. The number of hydrogen-bond donors (Lipinski definition) is 4. The number of aliphatic hydroxyl groups is 3. The van der Waals surface area contributed by atoms with Gasteiger partial charge in [-0.2, -0.15) is 0 Å². The predicted octanol–water partition coefficient (Wildman–Crippen LogP) is -2.16. The maximum absolute atomic E-state index is 11.4. The molecule has 5 N–H and O–H groups in total. The summed E-state index contributed by atoms with van der Waals surface area (Å²) in [4.78, 5) is 20.1. The molecule has 1 amide bonds. The Kier molecular flexibility index (Phi) is 12.1. The standard InChI is InChI=1S/C19H41N5O4/c1-16(25)12-21-4-6-22(13-17(2)26)8-10-24(15-19(20)28)11-9-23(7-5-21)14-18(3)27/h16-18,25-27H,4-15H2,1-3H3,(H2,20,28)/t16-,17-,18-/m1/s1. The third-order valence-electron chi connectivity index (χ3n) is 4.88. The number of rotatable bonds is 8. The summed E-state index contributed by atoms with van der Waals surface area (Å²) in [6, 6.07) is 0. The van der Waals surface area contributed by atoms with Gasteiger partial charge in [-0.25, -0.2) is 0 Å². The molecule has 0 aromatic carbocycles. The Bertz CT molecular complexity index is 411. The van der Waals surface area contributed by atoms with E-state index in [1.54, 1.807) is 20.8 Å². The number of β-amino-alcohol motifs (C(OH)–C–C–N with tert-alkyl or cyclic N) is 3. The molecular formula is C19H41N5O4. The summed E-state index contributed by atoms with van der Waals surface area (Å²) in [5.41, 5.74) is 5.42. The van der Waals surface area contributed by atoms with Crippen molar-refractivity contribution in [3.05, 3.63) is 0 Å². The van der Waals surface area contributed by atoms with Gasteiger partial charge in [-0.3, -0.25) is 24.4 Å². The second-order valence-corrected chi connectivity index (χ2v) is 8.19. The number of nitrogens with two attached hydrogens (primary N) is 1. The Morgan fingerprint density at radius 2 is 0.929 bits per heavy atom. The molecule has 28 heavy (non-hydrogen) atoms. The van der Waals surface area contributed by atoms with Crippen molar-refractivity contribution in [2.24, 2.45) is 5.73 Å². The molecule has 1 rings (SSSR count).